The van der Waals surface area contributed by atoms with Gasteiger partial charge in [0, 0.05) is 4.88 Å². The molecular weight excluding hydrogens is 299 g/mol. The number of anilines is 1. The van der Waals surface area contributed by atoms with Crippen molar-refractivity contribution < 1.29 is 13.2 Å². The van der Waals surface area contributed by atoms with E-state index in [1.165, 1.54) is 15.9 Å². The smallest absolute Gasteiger partial charge is 0.390 e. The number of benzene rings is 1. The zero-order valence-corrected chi connectivity index (χ0v) is 11.9. The average Bonchev–Trinajstić information content (AvgIpc) is 2.89. The molecule has 3 rings (SSSR count). The molecule has 0 saturated heterocycles. The number of nitrogens with two attached hydrogens (primary N) is 1. The molecule has 0 atom stereocenters. The van der Waals surface area contributed by atoms with Crippen molar-refractivity contribution in [3.8, 4) is 11.4 Å². The van der Waals surface area contributed by atoms with Gasteiger partial charge in [0.15, 0.2) is 0 Å². The molecule has 0 radical (unpaired) electrons. The number of nitrogens with zero attached hydrogens (tertiary/aromatic N) is 2. The minimum Gasteiger partial charge on any atom is -0.390 e. The van der Waals surface area contributed by atoms with Crippen molar-refractivity contribution in [2.24, 2.45) is 0 Å². The molecule has 0 fully saturated rings. The maximum Gasteiger partial charge on any atom is 0.406 e. The Labute approximate surface area is 122 Å². The van der Waals surface area contributed by atoms with Gasteiger partial charge in [0.1, 0.15) is 12.4 Å². The zero-order valence-electron chi connectivity index (χ0n) is 11.1. The molecule has 21 heavy (non-hydrogen) atoms. The summed E-state index contributed by atoms with van der Waals surface area (Å²) in [6.45, 7) is 0.776. The number of thiophene rings is 1. The summed E-state index contributed by atoms with van der Waals surface area (Å²) in [4.78, 5) is 5.27. The quantitative estimate of drug-likeness (QED) is 0.770. The van der Waals surface area contributed by atoms with Crippen molar-refractivity contribution in [3.05, 3.63) is 35.2 Å². The first kappa shape index (κ1) is 13.9. The van der Waals surface area contributed by atoms with E-state index in [4.69, 9.17) is 5.73 Å². The first-order valence-corrected chi connectivity index (χ1v) is 7.05. The van der Waals surface area contributed by atoms with Crippen LogP contribution in [0.25, 0.3) is 22.4 Å². The summed E-state index contributed by atoms with van der Waals surface area (Å²) in [5.74, 6) is 0.260. The lowest BCUT2D eigenvalue weighted by atomic mass is 10.2. The lowest BCUT2D eigenvalue weighted by Gasteiger charge is -2.11. The van der Waals surface area contributed by atoms with Crippen molar-refractivity contribution in [2.45, 2.75) is 19.6 Å². The van der Waals surface area contributed by atoms with Gasteiger partial charge in [-0.25, -0.2) is 4.98 Å². The molecular formula is C14H12F3N3S. The topological polar surface area (TPSA) is 43.8 Å². The second kappa shape index (κ2) is 4.77. The summed E-state index contributed by atoms with van der Waals surface area (Å²) in [5, 5.41) is 0.478. The van der Waals surface area contributed by atoms with E-state index >= 15 is 0 Å². The number of hydrogen-bond acceptors (Lipinski definition) is 3. The van der Waals surface area contributed by atoms with E-state index in [1.54, 1.807) is 30.3 Å². The molecule has 2 aromatic heterocycles. The molecule has 0 aliphatic carbocycles. The van der Waals surface area contributed by atoms with Crippen LogP contribution in [0.5, 0.6) is 0 Å². The number of rotatable bonds is 2. The van der Waals surface area contributed by atoms with E-state index in [0.29, 0.717) is 21.6 Å². The molecule has 3 nitrogen and oxygen atoms in total. The maximum absolute atomic E-state index is 12.9. The molecule has 0 aliphatic rings. The molecule has 0 saturated carbocycles. The highest BCUT2D eigenvalue weighted by molar-refractivity contribution is 7.16. The van der Waals surface area contributed by atoms with Crippen molar-refractivity contribution in [3.63, 3.8) is 0 Å². The van der Waals surface area contributed by atoms with Gasteiger partial charge in [-0.2, -0.15) is 13.2 Å². The Morgan fingerprint density at radius 1 is 1.29 bits per heavy atom. The van der Waals surface area contributed by atoms with Gasteiger partial charge in [-0.3, -0.25) is 0 Å². The van der Waals surface area contributed by atoms with Gasteiger partial charge < -0.3 is 10.3 Å². The van der Waals surface area contributed by atoms with Crippen LogP contribution in [0.3, 0.4) is 0 Å². The largest absolute Gasteiger partial charge is 0.406 e. The Balaban J connectivity index is 2.26. The van der Waals surface area contributed by atoms with Gasteiger partial charge in [0.05, 0.1) is 21.6 Å². The summed E-state index contributed by atoms with van der Waals surface area (Å²) < 4.78 is 39.8. The number of hydrogen-bond donors (Lipinski definition) is 1. The Morgan fingerprint density at radius 2 is 2.00 bits per heavy atom. The van der Waals surface area contributed by atoms with Crippen molar-refractivity contribution in [2.75, 3.05) is 5.73 Å². The summed E-state index contributed by atoms with van der Waals surface area (Å²) in [7, 11) is 0. The van der Waals surface area contributed by atoms with Gasteiger partial charge in [-0.1, -0.05) is 12.1 Å². The number of imidazole rings is 1. The van der Waals surface area contributed by atoms with Crippen LogP contribution < -0.4 is 5.73 Å². The van der Waals surface area contributed by atoms with Crippen LogP contribution in [0.4, 0.5) is 18.2 Å². The van der Waals surface area contributed by atoms with Crippen LogP contribution in [0.1, 0.15) is 4.88 Å². The third kappa shape index (κ3) is 2.61. The van der Waals surface area contributed by atoms with Crippen molar-refractivity contribution in [1.82, 2.24) is 9.55 Å². The fraction of sp³-hybridized carbons (Fsp3) is 0.214. The average molecular weight is 311 g/mol. The first-order chi connectivity index (χ1) is 9.85. The molecule has 2 heterocycles. The molecule has 1 aromatic carbocycles. The number of aromatic nitrogens is 2. The number of para-hydroxylation sites is 2. The SMILES string of the molecule is Cc1cc(-c2nc3ccccc3n2CC(F)(F)F)c(N)s1. The summed E-state index contributed by atoms with van der Waals surface area (Å²) in [6.07, 6.45) is -4.32. The summed E-state index contributed by atoms with van der Waals surface area (Å²) in [6, 6.07) is 8.55. The monoisotopic (exact) mass is 311 g/mol. The Hall–Kier alpha value is -2.02. The van der Waals surface area contributed by atoms with E-state index < -0.39 is 12.7 Å². The second-order valence-corrected chi connectivity index (χ2v) is 6.05. The van der Waals surface area contributed by atoms with Gasteiger partial charge in [-0.05, 0) is 25.1 Å². The zero-order chi connectivity index (χ0) is 15.2. The Morgan fingerprint density at radius 3 is 2.62 bits per heavy atom. The van der Waals surface area contributed by atoms with Crippen molar-refractivity contribution >= 4 is 27.4 Å². The number of nitrogen functional groups attached to an aromatic ring is 1. The standard InChI is InChI=1S/C14H12F3N3S/c1-8-6-9(12(18)21-8)13-19-10-4-2-3-5-11(10)20(13)7-14(15,16)17/h2-6H,7,18H2,1H3. The molecule has 0 bridgehead atoms. The van der Waals surface area contributed by atoms with Gasteiger partial charge >= 0.3 is 6.18 Å². The first-order valence-electron chi connectivity index (χ1n) is 6.23. The highest BCUT2D eigenvalue weighted by atomic mass is 32.1. The molecule has 7 heteroatoms. The van der Waals surface area contributed by atoms with Crippen LogP contribution in [0.2, 0.25) is 0 Å². The van der Waals surface area contributed by atoms with Gasteiger partial charge in [0.2, 0.25) is 0 Å². The molecule has 110 valence electrons. The van der Waals surface area contributed by atoms with E-state index in [1.807, 2.05) is 6.92 Å². The number of alkyl halides is 3. The lowest BCUT2D eigenvalue weighted by Crippen LogP contribution is -2.18. The highest BCUT2D eigenvalue weighted by Gasteiger charge is 2.31. The predicted molar refractivity (Wildman–Crippen MR) is 78.3 cm³/mol. The van der Waals surface area contributed by atoms with E-state index in [0.717, 1.165) is 4.88 Å². The van der Waals surface area contributed by atoms with Crippen LogP contribution in [0.15, 0.2) is 30.3 Å². The summed E-state index contributed by atoms with van der Waals surface area (Å²) >= 11 is 1.34. The number of fused-ring (bicyclic) bond motifs is 1. The Bertz CT molecular complexity index is 801. The molecule has 3 aromatic rings. The fourth-order valence-electron chi connectivity index (χ4n) is 2.33. The van der Waals surface area contributed by atoms with Crippen LogP contribution in [-0.4, -0.2) is 15.7 Å². The number of halogens is 3. The third-order valence-corrected chi connectivity index (χ3v) is 4.00. The fourth-order valence-corrected chi connectivity index (χ4v) is 3.11. The molecule has 0 spiro atoms. The van der Waals surface area contributed by atoms with Gasteiger partial charge in [-0.15, -0.1) is 11.3 Å². The third-order valence-electron chi connectivity index (χ3n) is 3.12. The second-order valence-electron chi connectivity index (χ2n) is 4.76. The molecule has 2 N–H and O–H groups in total. The van der Waals surface area contributed by atoms with E-state index in [-0.39, 0.29) is 5.82 Å². The van der Waals surface area contributed by atoms with Crippen molar-refractivity contribution in [1.29, 1.82) is 0 Å². The minimum atomic E-state index is -4.32. The number of aryl methyl sites for hydroxylation is 1. The molecule has 0 unspecified atom stereocenters. The lowest BCUT2D eigenvalue weighted by molar-refractivity contribution is -0.139. The van der Waals surface area contributed by atoms with E-state index in [9.17, 15) is 13.2 Å². The highest BCUT2D eigenvalue weighted by Crippen LogP contribution is 2.36. The summed E-state index contributed by atoms with van der Waals surface area (Å²) in [5.41, 5.74) is 7.45. The normalized spacial score (nSPS) is 12.2. The van der Waals surface area contributed by atoms with Crippen LogP contribution in [0, 0.1) is 6.92 Å². The molecule has 0 amide bonds. The maximum atomic E-state index is 12.9. The predicted octanol–water partition coefficient (Wildman–Crippen LogP) is 4.22. The van der Waals surface area contributed by atoms with E-state index in [2.05, 4.69) is 4.98 Å². The van der Waals surface area contributed by atoms with Crippen LogP contribution in [-0.2, 0) is 6.54 Å². The minimum absolute atomic E-state index is 0.260. The molecule has 0 aliphatic heterocycles. The Kier molecular flexibility index (Phi) is 3.16. The van der Waals surface area contributed by atoms with Gasteiger partial charge in [0.25, 0.3) is 0 Å². The van der Waals surface area contributed by atoms with Crippen LogP contribution >= 0.6 is 11.3 Å².